The number of hydrogen-bond donors (Lipinski definition) is 1. The molecule has 0 unspecified atom stereocenters. The molecule has 0 radical (unpaired) electrons. The molecule has 1 aliphatic heterocycles. The van der Waals surface area contributed by atoms with Gasteiger partial charge in [-0.05, 0) is 38.3 Å². The third-order valence-electron chi connectivity index (χ3n) is 3.24. The Morgan fingerprint density at radius 1 is 1.42 bits per heavy atom. The van der Waals surface area contributed by atoms with E-state index in [4.69, 9.17) is 4.99 Å². The number of nitrogens with one attached hydrogen (secondary N) is 1. The minimum atomic E-state index is 0. The average molecular weight is 374 g/mol. The van der Waals surface area contributed by atoms with E-state index in [1.807, 2.05) is 12.3 Å². The van der Waals surface area contributed by atoms with Gasteiger partial charge in [-0.2, -0.15) is 0 Å². The molecule has 19 heavy (non-hydrogen) atoms. The van der Waals surface area contributed by atoms with Gasteiger partial charge in [0.2, 0.25) is 0 Å². The molecule has 1 N–H and O–H groups in total. The maximum atomic E-state index is 4.70. The molecular formula is C14H23IN4. The Balaban J connectivity index is 0.00000180. The quantitative estimate of drug-likeness (QED) is 0.502. The fraction of sp³-hybridized carbons (Fsp3) is 0.571. The van der Waals surface area contributed by atoms with E-state index in [0.717, 1.165) is 31.3 Å². The van der Waals surface area contributed by atoms with Crippen LogP contribution in [0, 0.1) is 6.92 Å². The summed E-state index contributed by atoms with van der Waals surface area (Å²) < 4.78 is 0. The summed E-state index contributed by atoms with van der Waals surface area (Å²) in [6.07, 6.45) is 4.38. The molecule has 0 saturated carbocycles. The maximum absolute atomic E-state index is 4.70. The van der Waals surface area contributed by atoms with Gasteiger partial charge in [-0.15, -0.1) is 24.0 Å². The summed E-state index contributed by atoms with van der Waals surface area (Å²) in [5.74, 6) is 1.03. The number of nitrogens with zero attached hydrogens (tertiary/aromatic N) is 3. The maximum Gasteiger partial charge on any atom is 0.194 e. The zero-order chi connectivity index (χ0) is 12.8. The monoisotopic (exact) mass is 374 g/mol. The van der Waals surface area contributed by atoms with Crippen molar-refractivity contribution in [3.63, 3.8) is 0 Å². The number of rotatable bonds is 3. The first-order chi connectivity index (χ1) is 8.81. The summed E-state index contributed by atoms with van der Waals surface area (Å²) in [7, 11) is 0. The van der Waals surface area contributed by atoms with Crippen molar-refractivity contribution in [3.05, 3.63) is 29.6 Å². The highest BCUT2D eigenvalue weighted by Gasteiger charge is 2.15. The van der Waals surface area contributed by atoms with Gasteiger partial charge < -0.3 is 10.2 Å². The van der Waals surface area contributed by atoms with Crippen LogP contribution in [0.4, 0.5) is 0 Å². The zero-order valence-corrected chi connectivity index (χ0v) is 14.1. The van der Waals surface area contributed by atoms with Crippen LogP contribution >= 0.6 is 24.0 Å². The Kier molecular flexibility index (Phi) is 7.12. The number of aromatic nitrogens is 1. The van der Waals surface area contributed by atoms with Crippen molar-refractivity contribution >= 4 is 29.9 Å². The standard InChI is InChI=1S/C14H22N4.HI/c1-3-15-14(18-9-4-5-10-18)17-11-13-12(2)7-6-8-16-13;/h6-8H,3-5,9-11H2,1-2H3,(H,15,17);1H. The number of likely N-dealkylation sites (tertiary alicyclic amines) is 1. The van der Waals surface area contributed by atoms with Gasteiger partial charge in [0, 0.05) is 25.8 Å². The Hall–Kier alpha value is -0.850. The molecule has 1 aromatic heterocycles. The van der Waals surface area contributed by atoms with Crippen molar-refractivity contribution in [1.29, 1.82) is 0 Å². The van der Waals surface area contributed by atoms with Crippen LogP contribution in [0.15, 0.2) is 23.3 Å². The Bertz CT molecular complexity index is 414. The van der Waals surface area contributed by atoms with Crippen LogP contribution in [0.2, 0.25) is 0 Å². The highest BCUT2D eigenvalue weighted by molar-refractivity contribution is 14.0. The topological polar surface area (TPSA) is 40.5 Å². The molecule has 4 nitrogen and oxygen atoms in total. The summed E-state index contributed by atoms with van der Waals surface area (Å²) in [4.78, 5) is 11.4. The molecule has 0 aliphatic carbocycles. The predicted octanol–water partition coefficient (Wildman–Crippen LogP) is 2.57. The van der Waals surface area contributed by atoms with Crippen LogP contribution < -0.4 is 5.32 Å². The second kappa shape index (κ2) is 8.35. The highest BCUT2D eigenvalue weighted by atomic mass is 127. The number of aryl methyl sites for hydroxylation is 1. The summed E-state index contributed by atoms with van der Waals surface area (Å²) in [6, 6.07) is 4.05. The minimum Gasteiger partial charge on any atom is -0.357 e. The van der Waals surface area contributed by atoms with Gasteiger partial charge in [0.05, 0.1) is 12.2 Å². The van der Waals surface area contributed by atoms with Crippen molar-refractivity contribution < 1.29 is 0 Å². The van der Waals surface area contributed by atoms with E-state index in [0.29, 0.717) is 6.54 Å². The predicted molar refractivity (Wildman–Crippen MR) is 90.0 cm³/mol. The van der Waals surface area contributed by atoms with Crippen LogP contribution in [-0.2, 0) is 6.54 Å². The summed E-state index contributed by atoms with van der Waals surface area (Å²) >= 11 is 0. The first-order valence-corrected chi connectivity index (χ1v) is 6.75. The fourth-order valence-electron chi connectivity index (χ4n) is 2.19. The van der Waals surface area contributed by atoms with Crippen molar-refractivity contribution in [1.82, 2.24) is 15.2 Å². The minimum absolute atomic E-state index is 0. The van der Waals surface area contributed by atoms with Crippen LogP contribution in [0.1, 0.15) is 31.0 Å². The third kappa shape index (κ3) is 4.63. The lowest BCUT2D eigenvalue weighted by Crippen LogP contribution is -2.39. The second-order valence-corrected chi connectivity index (χ2v) is 4.63. The lowest BCUT2D eigenvalue weighted by atomic mass is 10.2. The molecular weight excluding hydrogens is 351 g/mol. The van der Waals surface area contributed by atoms with E-state index in [2.05, 4.69) is 35.1 Å². The number of halogens is 1. The first kappa shape index (κ1) is 16.2. The summed E-state index contributed by atoms with van der Waals surface area (Å²) in [6.45, 7) is 8.00. The Labute approximate surface area is 132 Å². The van der Waals surface area contributed by atoms with E-state index >= 15 is 0 Å². The summed E-state index contributed by atoms with van der Waals surface area (Å²) in [5, 5.41) is 3.36. The molecule has 1 aliphatic rings. The number of aliphatic imine (C=N–C) groups is 1. The van der Waals surface area contributed by atoms with E-state index in [9.17, 15) is 0 Å². The molecule has 0 aromatic carbocycles. The smallest absolute Gasteiger partial charge is 0.194 e. The second-order valence-electron chi connectivity index (χ2n) is 4.63. The Morgan fingerprint density at radius 2 is 2.16 bits per heavy atom. The SMILES string of the molecule is CCNC(=NCc1ncccc1C)N1CCCC1.I. The van der Waals surface area contributed by atoms with E-state index in [1.54, 1.807) is 0 Å². The van der Waals surface area contributed by atoms with Gasteiger partial charge in [-0.3, -0.25) is 4.98 Å². The van der Waals surface area contributed by atoms with Crippen LogP contribution in [-0.4, -0.2) is 35.5 Å². The van der Waals surface area contributed by atoms with Crippen LogP contribution in [0.5, 0.6) is 0 Å². The van der Waals surface area contributed by atoms with Crippen LogP contribution in [0.25, 0.3) is 0 Å². The lowest BCUT2D eigenvalue weighted by Gasteiger charge is -2.20. The normalized spacial score (nSPS) is 15.3. The molecule has 5 heteroatoms. The largest absolute Gasteiger partial charge is 0.357 e. The van der Waals surface area contributed by atoms with Crippen molar-refractivity contribution in [2.24, 2.45) is 4.99 Å². The molecule has 1 fully saturated rings. The molecule has 106 valence electrons. The lowest BCUT2D eigenvalue weighted by molar-refractivity contribution is 0.493. The van der Waals surface area contributed by atoms with Gasteiger partial charge in [0.25, 0.3) is 0 Å². The van der Waals surface area contributed by atoms with Gasteiger partial charge in [-0.1, -0.05) is 6.07 Å². The molecule has 0 atom stereocenters. The van der Waals surface area contributed by atoms with Crippen molar-refractivity contribution in [2.75, 3.05) is 19.6 Å². The van der Waals surface area contributed by atoms with Gasteiger partial charge in [-0.25, -0.2) is 4.99 Å². The summed E-state index contributed by atoms with van der Waals surface area (Å²) in [5.41, 5.74) is 2.27. The number of hydrogen-bond acceptors (Lipinski definition) is 2. The van der Waals surface area contributed by atoms with E-state index in [1.165, 1.54) is 18.4 Å². The van der Waals surface area contributed by atoms with Crippen molar-refractivity contribution in [3.8, 4) is 0 Å². The van der Waals surface area contributed by atoms with E-state index < -0.39 is 0 Å². The van der Waals surface area contributed by atoms with Gasteiger partial charge in [0.15, 0.2) is 5.96 Å². The average Bonchev–Trinajstić information content (AvgIpc) is 2.90. The number of guanidine groups is 1. The molecule has 1 saturated heterocycles. The molecule has 2 heterocycles. The van der Waals surface area contributed by atoms with Gasteiger partial charge in [0.1, 0.15) is 0 Å². The first-order valence-electron chi connectivity index (χ1n) is 6.75. The highest BCUT2D eigenvalue weighted by Crippen LogP contribution is 2.09. The molecule has 0 bridgehead atoms. The Morgan fingerprint density at radius 3 is 2.79 bits per heavy atom. The zero-order valence-electron chi connectivity index (χ0n) is 11.7. The van der Waals surface area contributed by atoms with E-state index in [-0.39, 0.29) is 24.0 Å². The number of pyridine rings is 1. The van der Waals surface area contributed by atoms with Crippen molar-refractivity contribution in [2.45, 2.75) is 33.2 Å². The van der Waals surface area contributed by atoms with Gasteiger partial charge >= 0.3 is 0 Å². The third-order valence-corrected chi connectivity index (χ3v) is 3.24. The molecule has 2 rings (SSSR count). The molecule has 1 aromatic rings. The molecule has 0 spiro atoms. The molecule has 0 amide bonds. The van der Waals surface area contributed by atoms with Crippen LogP contribution in [0.3, 0.4) is 0 Å². The fourth-order valence-corrected chi connectivity index (χ4v) is 2.19.